The first kappa shape index (κ1) is 15.2. The number of benzene rings is 1. The van der Waals surface area contributed by atoms with E-state index in [1.54, 1.807) is 0 Å². The molecule has 1 atom stereocenters. The molecule has 2 nitrogen and oxygen atoms in total. The zero-order valence-electron chi connectivity index (χ0n) is 13.0. The first-order valence-corrected chi connectivity index (χ1v) is 8.78. The smallest absolute Gasteiger partial charge is 0.127 e. The molecule has 1 heterocycles. The van der Waals surface area contributed by atoms with Crippen LogP contribution in [0.2, 0.25) is 5.02 Å². The second-order valence-corrected chi connectivity index (χ2v) is 6.94. The molecule has 0 radical (unpaired) electrons. The van der Waals surface area contributed by atoms with Crippen molar-refractivity contribution in [2.45, 2.75) is 57.4 Å². The molecular formula is C18H26ClNO. The lowest BCUT2D eigenvalue weighted by molar-refractivity contribution is 0.312. The third-order valence-electron chi connectivity index (χ3n) is 5.09. The highest BCUT2D eigenvalue weighted by molar-refractivity contribution is 6.30. The van der Waals surface area contributed by atoms with Crippen LogP contribution in [0.4, 0.5) is 0 Å². The van der Waals surface area contributed by atoms with Crippen molar-refractivity contribution in [3.63, 3.8) is 0 Å². The number of hydrogen-bond donors (Lipinski definition) is 1. The summed E-state index contributed by atoms with van der Waals surface area (Å²) in [6.45, 7) is 0.793. The van der Waals surface area contributed by atoms with E-state index in [1.165, 1.54) is 56.1 Å². The molecule has 1 aliphatic heterocycles. The fourth-order valence-corrected chi connectivity index (χ4v) is 4.14. The maximum atomic E-state index is 6.30. The molecule has 0 amide bonds. The van der Waals surface area contributed by atoms with Crippen molar-refractivity contribution < 1.29 is 4.74 Å². The van der Waals surface area contributed by atoms with Gasteiger partial charge < -0.3 is 10.1 Å². The molecule has 1 aromatic rings. The monoisotopic (exact) mass is 307 g/mol. The van der Waals surface area contributed by atoms with Gasteiger partial charge in [-0.15, -0.1) is 0 Å². The summed E-state index contributed by atoms with van der Waals surface area (Å²) in [6, 6.07) is 4.51. The highest BCUT2D eigenvalue weighted by Crippen LogP contribution is 2.39. The fraction of sp³-hybridized carbons (Fsp3) is 0.667. The standard InChI is InChI=1S/C18H26ClNO/c1-20-17(8-7-13-5-3-2-4-6-13)16-12-15(19)11-14-9-10-21-18(14)16/h11-13,17,20H,2-10H2,1H3. The predicted octanol–water partition coefficient (Wildman–Crippen LogP) is 4.90. The molecule has 1 fully saturated rings. The summed E-state index contributed by atoms with van der Waals surface area (Å²) in [5.41, 5.74) is 2.53. The number of ether oxygens (including phenoxy) is 1. The molecule has 0 aromatic heterocycles. The van der Waals surface area contributed by atoms with Gasteiger partial charge >= 0.3 is 0 Å². The Morgan fingerprint density at radius 1 is 1.29 bits per heavy atom. The van der Waals surface area contributed by atoms with E-state index in [0.29, 0.717) is 6.04 Å². The van der Waals surface area contributed by atoms with Crippen LogP contribution in [0.5, 0.6) is 5.75 Å². The van der Waals surface area contributed by atoms with Crippen LogP contribution in [0.15, 0.2) is 12.1 Å². The van der Waals surface area contributed by atoms with E-state index in [9.17, 15) is 0 Å². The zero-order valence-corrected chi connectivity index (χ0v) is 13.7. The maximum absolute atomic E-state index is 6.30. The van der Waals surface area contributed by atoms with Crippen molar-refractivity contribution in [1.29, 1.82) is 0 Å². The molecule has 0 saturated heterocycles. The van der Waals surface area contributed by atoms with Gasteiger partial charge in [-0.1, -0.05) is 43.7 Å². The molecule has 1 aliphatic carbocycles. The Bertz CT molecular complexity index is 482. The van der Waals surface area contributed by atoms with Gasteiger partial charge in [-0.05, 0) is 43.5 Å². The van der Waals surface area contributed by atoms with Gasteiger partial charge in [0.05, 0.1) is 6.61 Å². The average Bonchev–Trinajstić information content (AvgIpc) is 2.97. The van der Waals surface area contributed by atoms with E-state index in [4.69, 9.17) is 16.3 Å². The first-order valence-electron chi connectivity index (χ1n) is 8.40. The molecule has 116 valence electrons. The minimum Gasteiger partial charge on any atom is -0.493 e. The Hall–Kier alpha value is -0.730. The lowest BCUT2D eigenvalue weighted by Gasteiger charge is -2.25. The summed E-state index contributed by atoms with van der Waals surface area (Å²) in [6.07, 6.45) is 10.6. The summed E-state index contributed by atoms with van der Waals surface area (Å²) in [7, 11) is 2.05. The molecule has 1 N–H and O–H groups in total. The molecule has 3 rings (SSSR count). The SMILES string of the molecule is CNC(CCC1CCCCC1)c1cc(Cl)cc2c1OCC2. The second kappa shape index (κ2) is 7.02. The van der Waals surface area contributed by atoms with Crippen LogP contribution in [0.3, 0.4) is 0 Å². The van der Waals surface area contributed by atoms with Crippen LogP contribution in [0, 0.1) is 5.92 Å². The Balaban J connectivity index is 1.71. The van der Waals surface area contributed by atoms with Gasteiger partial charge in [0.15, 0.2) is 0 Å². The van der Waals surface area contributed by atoms with Gasteiger partial charge in [-0.25, -0.2) is 0 Å². The second-order valence-electron chi connectivity index (χ2n) is 6.50. The zero-order chi connectivity index (χ0) is 14.7. The van der Waals surface area contributed by atoms with Crippen molar-refractivity contribution in [2.75, 3.05) is 13.7 Å². The average molecular weight is 308 g/mol. The molecular weight excluding hydrogens is 282 g/mol. The maximum Gasteiger partial charge on any atom is 0.127 e. The van der Waals surface area contributed by atoms with E-state index in [1.807, 2.05) is 7.05 Å². The Morgan fingerprint density at radius 3 is 2.86 bits per heavy atom. The van der Waals surface area contributed by atoms with Gasteiger partial charge in [0.2, 0.25) is 0 Å². The minimum absolute atomic E-state index is 0.359. The Labute approximate surface area is 133 Å². The van der Waals surface area contributed by atoms with E-state index in [2.05, 4.69) is 17.4 Å². The molecule has 0 bridgehead atoms. The van der Waals surface area contributed by atoms with E-state index < -0.39 is 0 Å². The summed E-state index contributed by atoms with van der Waals surface area (Å²) in [5, 5.41) is 4.32. The minimum atomic E-state index is 0.359. The lowest BCUT2D eigenvalue weighted by atomic mass is 9.84. The van der Waals surface area contributed by atoms with Crippen molar-refractivity contribution >= 4 is 11.6 Å². The third kappa shape index (κ3) is 3.54. The van der Waals surface area contributed by atoms with Crippen molar-refractivity contribution in [2.24, 2.45) is 5.92 Å². The number of hydrogen-bond acceptors (Lipinski definition) is 2. The van der Waals surface area contributed by atoms with E-state index in [0.717, 1.165) is 29.7 Å². The molecule has 1 unspecified atom stereocenters. The Kier molecular flexibility index (Phi) is 5.07. The van der Waals surface area contributed by atoms with E-state index in [-0.39, 0.29) is 0 Å². The van der Waals surface area contributed by atoms with Gasteiger partial charge in [-0.2, -0.15) is 0 Å². The van der Waals surface area contributed by atoms with Crippen molar-refractivity contribution in [3.8, 4) is 5.75 Å². The highest BCUT2D eigenvalue weighted by Gasteiger charge is 2.23. The van der Waals surface area contributed by atoms with Crippen LogP contribution in [-0.4, -0.2) is 13.7 Å². The van der Waals surface area contributed by atoms with Crippen LogP contribution in [0.1, 0.15) is 62.1 Å². The molecule has 3 heteroatoms. The lowest BCUT2D eigenvalue weighted by Crippen LogP contribution is -2.19. The normalized spacial score (nSPS) is 20.1. The summed E-state index contributed by atoms with van der Waals surface area (Å²) in [4.78, 5) is 0. The summed E-state index contributed by atoms with van der Waals surface area (Å²) >= 11 is 6.30. The van der Waals surface area contributed by atoms with Gasteiger partial charge in [0.25, 0.3) is 0 Å². The van der Waals surface area contributed by atoms with Crippen LogP contribution < -0.4 is 10.1 Å². The van der Waals surface area contributed by atoms with E-state index >= 15 is 0 Å². The van der Waals surface area contributed by atoms with Crippen molar-refractivity contribution in [1.82, 2.24) is 5.32 Å². The fourth-order valence-electron chi connectivity index (χ4n) is 3.89. The molecule has 21 heavy (non-hydrogen) atoms. The summed E-state index contributed by atoms with van der Waals surface area (Å²) in [5.74, 6) is 2.00. The van der Waals surface area contributed by atoms with Crippen LogP contribution in [-0.2, 0) is 6.42 Å². The topological polar surface area (TPSA) is 21.3 Å². The van der Waals surface area contributed by atoms with Gasteiger partial charge in [0.1, 0.15) is 5.75 Å². The number of fused-ring (bicyclic) bond motifs is 1. The number of halogens is 1. The molecule has 0 spiro atoms. The Morgan fingerprint density at radius 2 is 2.10 bits per heavy atom. The van der Waals surface area contributed by atoms with Crippen LogP contribution in [0.25, 0.3) is 0 Å². The van der Waals surface area contributed by atoms with Gasteiger partial charge in [0, 0.05) is 23.0 Å². The highest BCUT2D eigenvalue weighted by atomic mass is 35.5. The number of nitrogens with one attached hydrogen (secondary N) is 1. The summed E-state index contributed by atoms with van der Waals surface area (Å²) < 4.78 is 5.86. The van der Waals surface area contributed by atoms with Crippen molar-refractivity contribution in [3.05, 3.63) is 28.3 Å². The third-order valence-corrected chi connectivity index (χ3v) is 5.31. The molecule has 1 saturated carbocycles. The molecule has 2 aliphatic rings. The largest absolute Gasteiger partial charge is 0.493 e. The van der Waals surface area contributed by atoms with Crippen LogP contribution >= 0.6 is 11.6 Å². The first-order chi connectivity index (χ1) is 10.3. The predicted molar refractivity (Wildman–Crippen MR) is 88.3 cm³/mol. The van der Waals surface area contributed by atoms with Gasteiger partial charge in [-0.3, -0.25) is 0 Å². The quantitative estimate of drug-likeness (QED) is 0.835. The number of rotatable bonds is 5. The molecule has 1 aromatic carbocycles.